The molecule has 0 unspecified atom stereocenters. The summed E-state index contributed by atoms with van der Waals surface area (Å²) in [5.41, 5.74) is 0.342. The smallest absolute Gasteiger partial charge is 0.372 e. The van der Waals surface area contributed by atoms with Crippen molar-refractivity contribution in [2.75, 3.05) is 0 Å². The average molecular weight is 227 g/mol. The number of non-ortho nitro benzene ring substituents is 1. The molecule has 0 radical (unpaired) electrons. The van der Waals surface area contributed by atoms with Gasteiger partial charge in [0.25, 0.3) is 5.69 Å². The van der Waals surface area contributed by atoms with E-state index < -0.39 is 16.7 Å². The number of ketones is 1. The van der Waals surface area contributed by atoms with E-state index in [9.17, 15) is 19.7 Å². The molecular formula is C9H9NO6. The largest absolute Gasteiger partial charge is 0.475 e. The molecule has 1 rings (SSSR count). The van der Waals surface area contributed by atoms with E-state index in [1.807, 2.05) is 0 Å². The van der Waals surface area contributed by atoms with E-state index >= 15 is 0 Å². The van der Waals surface area contributed by atoms with Crippen molar-refractivity contribution in [2.45, 2.75) is 6.42 Å². The van der Waals surface area contributed by atoms with Crippen molar-refractivity contribution in [3.05, 3.63) is 39.9 Å². The number of aliphatic carboxylic acids is 1. The molecule has 0 saturated carbocycles. The van der Waals surface area contributed by atoms with E-state index in [0.717, 1.165) is 0 Å². The molecule has 0 saturated heterocycles. The van der Waals surface area contributed by atoms with Gasteiger partial charge in [0.05, 0.1) is 4.92 Å². The lowest BCUT2D eigenvalue weighted by molar-refractivity contribution is -0.384. The molecule has 1 aromatic carbocycles. The third-order valence-electron chi connectivity index (χ3n) is 1.75. The second-order valence-corrected chi connectivity index (χ2v) is 2.83. The molecule has 7 heteroatoms. The fourth-order valence-corrected chi connectivity index (χ4v) is 0.997. The summed E-state index contributed by atoms with van der Waals surface area (Å²) in [6.07, 6.45) is -0.257. The molecule has 0 bridgehead atoms. The van der Waals surface area contributed by atoms with Gasteiger partial charge < -0.3 is 10.6 Å². The number of rotatable bonds is 4. The number of carbonyl (C=O) groups excluding carboxylic acids is 1. The highest BCUT2D eigenvalue weighted by Crippen LogP contribution is 2.12. The highest BCUT2D eigenvalue weighted by atomic mass is 16.6. The number of hydrogen-bond donors (Lipinski definition) is 1. The lowest BCUT2D eigenvalue weighted by Gasteiger charge is -1.96. The highest BCUT2D eigenvalue weighted by Gasteiger charge is 2.12. The second-order valence-electron chi connectivity index (χ2n) is 2.83. The monoisotopic (exact) mass is 227 g/mol. The number of Topliss-reactive ketones (excluding diaryl/α,β-unsaturated/α-hetero) is 1. The molecule has 0 aliphatic carbocycles. The molecule has 0 amide bonds. The number of carboxylic acid groups (broad SMARTS) is 1. The zero-order chi connectivity index (χ0) is 11.4. The molecule has 0 aliphatic rings. The minimum absolute atomic E-state index is 0. The fourth-order valence-electron chi connectivity index (χ4n) is 0.997. The summed E-state index contributed by atoms with van der Waals surface area (Å²) < 4.78 is 0. The number of carboxylic acids is 1. The first kappa shape index (κ1) is 13.7. The van der Waals surface area contributed by atoms with Gasteiger partial charge in [0.1, 0.15) is 0 Å². The SMILES string of the molecule is O.O=C(O)C(=O)Cc1ccc([N+](=O)[O-])cc1. The number of carbonyl (C=O) groups is 2. The maximum atomic E-state index is 10.8. The minimum atomic E-state index is -1.51. The van der Waals surface area contributed by atoms with Gasteiger partial charge in [0.2, 0.25) is 5.78 Å². The van der Waals surface area contributed by atoms with Crippen LogP contribution in [0.5, 0.6) is 0 Å². The van der Waals surface area contributed by atoms with E-state index in [-0.39, 0.29) is 17.6 Å². The average Bonchev–Trinajstić information content (AvgIpc) is 2.18. The Morgan fingerprint density at radius 2 is 1.75 bits per heavy atom. The summed E-state index contributed by atoms with van der Waals surface area (Å²) in [6.45, 7) is 0. The Kier molecular flexibility index (Phi) is 4.77. The van der Waals surface area contributed by atoms with Crippen molar-refractivity contribution < 1.29 is 25.1 Å². The Bertz CT molecular complexity index is 411. The van der Waals surface area contributed by atoms with E-state index in [4.69, 9.17) is 5.11 Å². The van der Waals surface area contributed by atoms with Gasteiger partial charge in [-0.2, -0.15) is 0 Å². The quantitative estimate of drug-likeness (QED) is 0.438. The third-order valence-corrected chi connectivity index (χ3v) is 1.75. The third kappa shape index (κ3) is 3.46. The van der Waals surface area contributed by atoms with Crippen LogP contribution in [-0.4, -0.2) is 27.3 Å². The summed E-state index contributed by atoms with van der Waals surface area (Å²) in [6, 6.07) is 5.17. The molecule has 3 N–H and O–H groups in total. The molecule has 0 heterocycles. The van der Waals surface area contributed by atoms with Gasteiger partial charge in [-0.3, -0.25) is 14.9 Å². The van der Waals surface area contributed by atoms with Crippen LogP contribution in [0.3, 0.4) is 0 Å². The van der Waals surface area contributed by atoms with E-state index in [0.29, 0.717) is 5.56 Å². The first-order valence-electron chi connectivity index (χ1n) is 4.00. The molecule has 0 atom stereocenters. The van der Waals surface area contributed by atoms with E-state index in [2.05, 4.69) is 0 Å². The number of nitro benzene ring substituents is 1. The van der Waals surface area contributed by atoms with E-state index in [1.54, 1.807) is 0 Å². The highest BCUT2D eigenvalue weighted by molar-refractivity contribution is 6.33. The first-order chi connectivity index (χ1) is 7.00. The van der Waals surface area contributed by atoms with Gasteiger partial charge in [0, 0.05) is 18.6 Å². The fraction of sp³-hybridized carbons (Fsp3) is 0.111. The van der Waals surface area contributed by atoms with Gasteiger partial charge in [0.15, 0.2) is 0 Å². The summed E-state index contributed by atoms with van der Waals surface area (Å²) >= 11 is 0. The van der Waals surface area contributed by atoms with Crippen LogP contribution in [0.2, 0.25) is 0 Å². The Morgan fingerprint density at radius 1 is 1.25 bits per heavy atom. The maximum absolute atomic E-state index is 10.8. The number of nitrogens with zero attached hydrogens (tertiary/aromatic N) is 1. The van der Waals surface area contributed by atoms with Crippen LogP contribution in [-0.2, 0) is 16.0 Å². The zero-order valence-electron chi connectivity index (χ0n) is 8.04. The van der Waals surface area contributed by atoms with Gasteiger partial charge in [-0.25, -0.2) is 4.79 Å². The molecule has 0 fully saturated rings. The summed E-state index contributed by atoms with van der Waals surface area (Å²) in [4.78, 5) is 30.7. The number of hydrogen-bond acceptors (Lipinski definition) is 4. The summed E-state index contributed by atoms with van der Waals surface area (Å²) in [5, 5.41) is 18.6. The van der Waals surface area contributed by atoms with Gasteiger partial charge in [-0.15, -0.1) is 0 Å². The maximum Gasteiger partial charge on any atom is 0.372 e. The molecule has 1 aromatic rings. The molecule has 86 valence electrons. The minimum Gasteiger partial charge on any atom is -0.475 e. The Labute approximate surface area is 89.8 Å². The topological polar surface area (TPSA) is 129 Å². The van der Waals surface area contributed by atoms with Crippen LogP contribution >= 0.6 is 0 Å². The van der Waals surface area contributed by atoms with Crippen LogP contribution < -0.4 is 0 Å². The Balaban J connectivity index is 0.00000225. The normalized spacial score (nSPS) is 9.00. The molecular weight excluding hydrogens is 218 g/mol. The van der Waals surface area contributed by atoms with Crippen LogP contribution in [0.4, 0.5) is 5.69 Å². The predicted molar refractivity (Wildman–Crippen MR) is 53.1 cm³/mol. The molecule has 7 nitrogen and oxygen atoms in total. The second kappa shape index (κ2) is 5.56. The molecule has 0 spiro atoms. The van der Waals surface area contributed by atoms with Crippen molar-refractivity contribution >= 4 is 17.4 Å². The molecule has 0 aliphatic heterocycles. The summed E-state index contributed by atoms with van der Waals surface area (Å²) in [5.74, 6) is -2.45. The van der Waals surface area contributed by atoms with Crippen molar-refractivity contribution in [1.82, 2.24) is 0 Å². The van der Waals surface area contributed by atoms with Crippen LogP contribution in [0.25, 0.3) is 0 Å². The summed E-state index contributed by atoms with van der Waals surface area (Å²) in [7, 11) is 0. The van der Waals surface area contributed by atoms with Crippen molar-refractivity contribution in [3.8, 4) is 0 Å². The van der Waals surface area contributed by atoms with Gasteiger partial charge in [-0.05, 0) is 5.56 Å². The van der Waals surface area contributed by atoms with Gasteiger partial charge >= 0.3 is 5.97 Å². The molecule has 16 heavy (non-hydrogen) atoms. The Hall–Kier alpha value is -2.28. The standard InChI is InChI=1S/C9H7NO5.H2O/c11-8(9(12)13)5-6-1-3-7(4-2-6)10(14)15;/h1-4H,5H2,(H,12,13);1H2. The van der Waals surface area contributed by atoms with Crippen molar-refractivity contribution in [1.29, 1.82) is 0 Å². The Morgan fingerprint density at radius 3 is 2.12 bits per heavy atom. The number of benzene rings is 1. The van der Waals surface area contributed by atoms with Crippen molar-refractivity contribution in [2.24, 2.45) is 0 Å². The van der Waals surface area contributed by atoms with Gasteiger partial charge in [-0.1, -0.05) is 12.1 Å². The first-order valence-corrected chi connectivity index (χ1v) is 4.00. The lowest BCUT2D eigenvalue weighted by Crippen LogP contribution is -2.14. The van der Waals surface area contributed by atoms with Crippen LogP contribution in [0, 0.1) is 10.1 Å². The predicted octanol–water partition coefficient (Wildman–Crippen LogP) is -0.0337. The van der Waals surface area contributed by atoms with Crippen molar-refractivity contribution in [3.63, 3.8) is 0 Å². The lowest BCUT2D eigenvalue weighted by atomic mass is 10.1. The van der Waals surface area contributed by atoms with E-state index in [1.165, 1.54) is 24.3 Å². The van der Waals surface area contributed by atoms with Crippen LogP contribution in [0.1, 0.15) is 5.56 Å². The number of nitro groups is 1. The molecule has 0 aromatic heterocycles. The van der Waals surface area contributed by atoms with Crippen LogP contribution in [0.15, 0.2) is 24.3 Å². The zero-order valence-corrected chi connectivity index (χ0v) is 8.04.